The Morgan fingerprint density at radius 1 is 1.04 bits per heavy atom. The van der Waals surface area contributed by atoms with E-state index >= 15 is 0 Å². The van der Waals surface area contributed by atoms with Crippen LogP contribution >= 0.6 is 11.6 Å². The van der Waals surface area contributed by atoms with E-state index in [1.807, 2.05) is 32.9 Å². The molecule has 2 heterocycles. The van der Waals surface area contributed by atoms with Gasteiger partial charge in [0, 0.05) is 17.8 Å². The van der Waals surface area contributed by atoms with Crippen LogP contribution in [0.2, 0.25) is 5.28 Å². The van der Waals surface area contributed by atoms with Gasteiger partial charge in [-0.2, -0.15) is 18.2 Å². The van der Waals surface area contributed by atoms with Gasteiger partial charge >= 0.3 is 6.18 Å². The summed E-state index contributed by atoms with van der Waals surface area (Å²) >= 11 is 5.75. The minimum Gasteiger partial charge on any atom is -0.348 e. The molecular weight excluding hydrogens is 393 g/mol. The number of anilines is 1. The molecule has 0 aliphatic heterocycles. The number of alkyl halides is 3. The Labute approximate surface area is 164 Å². The van der Waals surface area contributed by atoms with Crippen molar-refractivity contribution in [2.75, 3.05) is 5.32 Å². The molecule has 0 spiro atoms. The molecule has 0 aliphatic carbocycles. The molecule has 0 saturated heterocycles. The second-order valence-corrected chi connectivity index (χ2v) is 6.85. The maximum absolute atomic E-state index is 13.1. The van der Waals surface area contributed by atoms with Crippen molar-refractivity contribution in [2.45, 2.75) is 39.0 Å². The first-order chi connectivity index (χ1) is 13.1. The van der Waals surface area contributed by atoms with E-state index in [4.69, 9.17) is 11.6 Å². The Kier molecular flexibility index (Phi) is 5.55. The average molecular weight is 411 g/mol. The van der Waals surface area contributed by atoms with Gasteiger partial charge in [0.15, 0.2) is 5.69 Å². The van der Waals surface area contributed by atoms with Crippen molar-refractivity contribution in [1.82, 2.24) is 24.5 Å². The lowest BCUT2D eigenvalue weighted by Gasteiger charge is -2.15. The molecule has 2 aromatic heterocycles. The quantitative estimate of drug-likeness (QED) is 0.629. The number of hydrogen-bond donors (Lipinski definition) is 1. The van der Waals surface area contributed by atoms with Gasteiger partial charge in [-0.05, 0) is 37.9 Å². The average Bonchev–Trinajstić information content (AvgIpc) is 3.08. The van der Waals surface area contributed by atoms with Crippen molar-refractivity contribution in [3.8, 4) is 11.4 Å². The van der Waals surface area contributed by atoms with Gasteiger partial charge in [-0.15, -0.1) is 0 Å². The third-order valence-electron chi connectivity index (χ3n) is 4.14. The number of aromatic nitrogens is 5. The molecule has 1 N–H and O–H groups in total. The van der Waals surface area contributed by atoms with Crippen molar-refractivity contribution in [1.29, 1.82) is 0 Å². The van der Waals surface area contributed by atoms with Gasteiger partial charge in [0.2, 0.25) is 11.2 Å². The van der Waals surface area contributed by atoms with Crippen molar-refractivity contribution < 1.29 is 13.2 Å². The number of halogens is 4. The molecule has 1 atom stereocenters. The smallest absolute Gasteiger partial charge is 0.348 e. The number of hydrogen-bond acceptors (Lipinski definition) is 5. The summed E-state index contributed by atoms with van der Waals surface area (Å²) in [7, 11) is 0. The summed E-state index contributed by atoms with van der Waals surface area (Å²) in [5, 5.41) is 3.18. The predicted molar refractivity (Wildman–Crippen MR) is 99.9 cm³/mol. The summed E-state index contributed by atoms with van der Waals surface area (Å²) in [6, 6.07) is 6.82. The zero-order chi connectivity index (χ0) is 20.5. The molecule has 0 fully saturated rings. The van der Waals surface area contributed by atoms with Crippen LogP contribution in [-0.4, -0.2) is 24.5 Å². The lowest BCUT2D eigenvalue weighted by molar-refractivity contribution is -0.140. The molecule has 0 bridgehead atoms. The van der Waals surface area contributed by atoms with Gasteiger partial charge in [0.1, 0.15) is 12.2 Å². The third-order valence-corrected chi connectivity index (χ3v) is 4.32. The summed E-state index contributed by atoms with van der Waals surface area (Å²) in [5.41, 5.74) is 0.601. The fourth-order valence-electron chi connectivity index (χ4n) is 2.68. The number of benzene rings is 1. The number of nitrogens with one attached hydrogen (secondary N) is 1. The van der Waals surface area contributed by atoms with Crippen LogP contribution in [0.15, 0.2) is 36.8 Å². The lowest BCUT2D eigenvalue weighted by Crippen LogP contribution is -2.10. The van der Waals surface area contributed by atoms with E-state index < -0.39 is 11.9 Å². The van der Waals surface area contributed by atoms with Gasteiger partial charge in [-0.1, -0.05) is 24.3 Å². The van der Waals surface area contributed by atoms with Crippen LogP contribution < -0.4 is 5.32 Å². The second kappa shape index (κ2) is 7.75. The van der Waals surface area contributed by atoms with Crippen LogP contribution in [-0.2, 0) is 6.18 Å². The second-order valence-electron chi connectivity index (χ2n) is 6.51. The highest BCUT2D eigenvalue weighted by molar-refractivity contribution is 6.28. The van der Waals surface area contributed by atoms with Crippen LogP contribution in [0, 0.1) is 0 Å². The number of imidazole rings is 1. The maximum atomic E-state index is 13.1. The first-order valence-corrected chi connectivity index (χ1v) is 8.90. The molecule has 1 aromatic carbocycles. The zero-order valence-corrected chi connectivity index (χ0v) is 16.1. The molecule has 0 aliphatic rings. The van der Waals surface area contributed by atoms with Gasteiger partial charge in [0.05, 0.1) is 6.04 Å². The highest BCUT2D eigenvalue weighted by atomic mass is 35.5. The van der Waals surface area contributed by atoms with Gasteiger partial charge < -0.3 is 9.88 Å². The molecular formula is C18H18ClF3N6. The van der Waals surface area contributed by atoms with E-state index in [9.17, 15) is 13.2 Å². The predicted octanol–water partition coefficient (Wildman–Crippen LogP) is 5.16. The maximum Gasteiger partial charge on any atom is 0.434 e. The summed E-state index contributed by atoms with van der Waals surface area (Å²) in [4.78, 5) is 15.5. The van der Waals surface area contributed by atoms with Crippen molar-refractivity contribution >= 4 is 17.5 Å². The molecule has 148 valence electrons. The van der Waals surface area contributed by atoms with Crippen molar-refractivity contribution in [2.24, 2.45) is 0 Å². The van der Waals surface area contributed by atoms with Crippen LogP contribution in [0.1, 0.15) is 44.1 Å². The zero-order valence-electron chi connectivity index (χ0n) is 15.4. The minimum atomic E-state index is -4.49. The number of nitrogens with zero attached hydrogens (tertiary/aromatic N) is 5. The Bertz CT molecular complexity index is 953. The monoisotopic (exact) mass is 410 g/mol. The summed E-state index contributed by atoms with van der Waals surface area (Å²) in [6.07, 6.45) is -2.14. The lowest BCUT2D eigenvalue weighted by atomic mass is 10.1. The molecule has 0 unspecified atom stereocenters. The van der Waals surface area contributed by atoms with Crippen molar-refractivity contribution in [3.05, 3.63) is 53.3 Å². The normalized spacial score (nSPS) is 13.0. The molecule has 10 heteroatoms. The molecule has 0 radical (unpaired) electrons. The van der Waals surface area contributed by atoms with Crippen LogP contribution in [0.3, 0.4) is 0 Å². The largest absolute Gasteiger partial charge is 0.434 e. The molecule has 0 saturated carbocycles. The van der Waals surface area contributed by atoms with Gasteiger partial charge in [0.25, 0.3) is 0 Å². The highest BCUT2D eigenvalue weighted by Gasteiger charge is 2.35. The first-order valence-electron chi connectivity index (χ1n) is 8.52. The Balaban J connectivity index is 1.85. The fourth-order valence-corrected chi connectivity index (χ4v) is 2.80. The van der Waals surface area contributed by atoms with Crippen LogP contribution in [0.4, 0.5) is 19.1 Å². The van der Waals surface area contributed by atoms with E-state index in [0.29, 0.717) is 11.5 Å². The molecule has 6 nitrogen and oxygen atoms in total. The van der Waals surface area contributed by atoms with Crippen LogP contribution in [0.25, 0.3) is 11.4 Å². The van der Waals surface area contributed by atoms with E-state index in [0.717, 1.165) is 11.8 Å². The molecule has 3 aromatic rings. The standard InChI is InChI=1S/C18H18ClF3N6/c1-10(2)28-8-14(18(20,21)22)26-15(28)13-6-4-12(5-7-13)11(3)25-17-24-9-23-16(19)27-17/h4-11H,1-3H3,(H,23,24,25,27)/t11-/m0/s1. The summed E-state index contributed by atoms with van der Waals surface area (Å²) in [6.45, 7) is 5.53. The summed E-state index contributed by atoms with van der Waals surface area (Å²) in [5.74, 6) is 0.612. The Morgan fingerprint density at radius 3 is 2.29 bits per heavy atom. The Morgan fingerprint density at radius 2 is 1.71 bits per heavy atom. The van der Waals surface area contributed by atoms with Gasteiger partial charge in [-0.3, -0.25) is 0 Å². The van der Waals surface area contributed by atoms with Crippen molar-refractivity contribution in [3.63, 3.8) is 0 Å². The molecule has 0 amide bonds. The minimum absolute atomic E-state index is 0.0843. The van der Waals surface area contributed by atoms with E-state index in [1.165, 1.54) is 10.9 Å². The van der Waals surface area contributed by atoms with E-state index in [1.54, 1.807) is 12.1 Å². The molecule has 3 rings (SSSR count). The first kappa shape index (κ1) is 20.1. The summed E-state index contributed by atoms with van der Waals surface area (Å²) < 4.78 is 40.7. The van der Waals surface area contributed by atoms with E-state index in [-0.39, 0.29) is 23.2 Å². The molecule has 28 heavy (non-hydrogen) atoms. The topological polar surface area (TPSA) is 68.5 Å². The van der Waals surface area contributed by atoms with Gasteiger partial charge in [-0.25, -0.2) is 15.0 Å². The SMILES string of the molecule is CC(C)n1cc(C(F)(F)F)nc1-c1ccc([C@H](C)Nc2ncnc(Cl)n2)cc1. The number of rotatable bonds is 5. The third kappa shape index (κ3) is 4.41. The highest BCUT2D eigenvalue weighted by Crippen LogP contribution is 2.33. The fraction of sp³-hybridized carbons (Fsp3) is 0.333. The van der Waals surface area contributed by atoms with Crippen LogP contribution in [0.5, 0.6) is 0 Å². The Hall–Kier alpha value is -2.68. The van der Waals surface area contributed by atoms with E-state index in [2.05, 4.69) is 25.3 Å².